The summed E-state index contributed by atoms with van der Waals surface area (Å²) in [6.07, 6.45) is 0.849. The second-order valence-electron chi connectivity index (χ2n) is 7.90. The van der Waals surface area contributed by atoms with Gasteiger partial charge in [-0.1, -0.05) is 49.4 Å². The standard InChI is InChI=1S/C22H26N2O3/c1-16(2)26-19-11-9-18(10-12-19)22(3)13-14-23(15-22)21(25)24-20(27-24)17-7-5-4-6-8-17/h4-12,16,20H,13-15H2,1-3H3. The quantitative estimate of drug-likeness (QED) is 0.748. The molecular formula is C22H26N2O3. The molecule has 0 aromatic heterocycles. The third-order valence-electron chi connectivity index (χ3n) is 5.32. The number of hydrogen-bond acceptors (Lipinski definition) is 3. The normalized spacial score (nSPS) is 24.4. The Labute approximate surface area is 160 Å². The van der Waals surface area contributed by atoms with Crippen molar-refractivity contribution in [3.05, 3.63) is 65.7 Å². The Morgan fingerprint density at radius 1 is 1.15 bits per heavy atom. The third-order valence-corrected chi connectivity index (χ3v) is 5.32. The fraction of sp³-hybridized carbons (Fsp3) is 0.409. The molecule has 2 heterocycles. The van der Waals surface area contributed by atoms with Gasteiger partial charge in [0.1, 0.15) is 5.75 Å². The van der Waals surface area contributed by atoms with Crippen molar-refractivity contribution in [2.45, 2.75) is 44.9 Å². The SMILES string of the molecule is CC(C)Oc1ccc(C2(C)CCN(C(=O)N3OC3c3ccccc3)C2)cc1. The molecule has 0 bridgehead atoms. The number of rotatable bonds is 4. The van der Waals surface area contributed by atoms with Crippen molar-refractivity contribution in [2.24, 2.45) is 0 Å². The topological polar surface area (TPSA) is 45.1 Å². The first kappa shape index (κ1) is 17.9. The summed E-state index contributed by atoms with van der Waals surface area (Å²) in [6.45, 7) is 7.69. The zero-order chi connectivity index (χ0) is 19.0. The fourth-order valence-corrected chi connectivity index (χ4v) is 3.75. The van der Waals surface area contributed by atoms with Gasteiger partial charge in [0, 0.05) is 24.1 Å². The van der Waals surface area contributed by atoms with Crippen LogP contribution in [-0.2, 0) is 10.3 Å². The van der Waals surface area contributed by atoms with Crippen LogP contribution in [0.4, 0.5) is 4.79 Å². The molecule has 2 aliphatic rings. The van der Waals surface area contributed by atoms with E-state index < -0.39 is 0 Å². The molecule has 2 saturated heterocycles. The summed E-state index contributed by atoms with van der Waals surface area (Å²) < 4.78 is 5.73. The van der Waals surface area contributed by atoms with Crippen LogP contribution < -0.4 is 4.74 Å². The molecule has 2 fully saturated rings. The zero-order valence-electron chi connectivity index (χ0n) is 16.1. The van der Waals surface area contributed by atoms with Crippen molar-refractivity contribution in [2.75, 3.05) is 13.1 Å². The lowest BCUT2D eigenvalue weighted by Crippen LogP contribution is -2.35. The molecule has 5 nitrogen and oxygen atoms in total. The van der Waals surface area contributed by atoms with E-state index in [1.807, 2.05) is 61.2 Å². The Hall–Kier alpha value is -2.53. The number of hydroxylamine groups is 2. The molecule has 2 aromatic carbocycles. The van der Waals surface area contributed by atoms with Gasteiger partial charge in [-0.15, -0.1) is 0 Å². The van der Waals surface area contributed by atoms with E-state index in [1.165, 1.54) is 10.6 Å². The second kappa shape index (κ2) is 6.89. The Bertz CT molecular complexity index is 806. The Kier molecular flexibility index (Phi) is 4.56. The van der Waals surface area contributed by atoms with Gasteiger partial charge in [-0.25, -0.2) is 9.63 Å². The van der Waals surface area contributed by atoms with Gasteiger partial charge in [-0.3, -0.25) is 0 Å². The molecule has 2 atom stereocenters. The Morgan fingerprint density at radius 2 is 1.85 bits per heavy atom. The van der Waals surface area contributed by atoms with Crippen LogP contribution in [0.5, 0.6) is 5.75 Å². The predicted octanol–water partition coefficient (Wildman–Crippen LogP) is 4.50. The highest BCUT2D eigenvalue weighted by molar-refractivity contribution is 5.76. The lowest BCUT2D eigenvalue weighted by molar-refractivity contribution is 0.144. The molecular weight excluding hydrogens is 340 g/mol. The van der Waals surface area contributed by atoms with Crippen LogP contribution in [-0.4, -0.2) is 35.2 Å². The number of hydrogen-bond donors (Lipinski definition) is 0. The van der Waals surface area contributed by atoms with Crippen molar-refractivity contribution < 1.29 is 14.4 Å². The van der Waals surface area contributed by atoms with Crippen LogP contribution in [0, 0.1) is 0 Å². The molecule has 142 valence electrons. The van der Waals surface area contributed by atoms with Gasteiger partial charge in [0.15, 0.2) is 0 Å². The van der Waals surface area contributed by atoms with Crippen LogP contribution in [0.3, 0.4) is 0 Å². The molecule has 27 heavy (non-hydrogen) atoms. The number of ether oxygens (including phenoxy) is 1. The lowest BCUT2D eigenvalue weighted by Gasteiger charge is -2.25. The zero-order valence-corrected chi connectivity index (χ0v) is 16.1. The first-order chi connectivity index (χ1) is 13.0. The third kappa shape index (κ3) is 3.65. The van der Waals surface area contributed by atoms with E-state index in [2.05, 4.69) is 19.1 Å². The second-order valence-corrected chi connectivity index (χ2v) is 7.90. The number of urea groups is 1. The minimum atomic E-state index is -0.252. The highest BCUT2D eigenvalue weighted by Crippen LogP contribution is 2.41. The monoisotopic (exact) mass is 366 g/mol. The largest absolute Gasteiger partial charge is 0.491 e. The first-order valence-corrected chi connectivity index (χ1v) is 9.53. The smallest absolute Gasteiger partial charge is 0.346 e. The summed E-state index contributed by atoms with van der Waals surface area (Å²) in [5, 5.41) is 1.47. The van der Waals surface area contributed by atoms with Crippen molar-refractivity contribution in [3.8, 4) is 5.75 Å². The van der Waals surface area contributed by atoms with Crippen LogP contribution >= 0.6 is 0 Å². The molecule has 2 aromatic rings. The summed E-state index contributed by atoms with van der Waals surface area (Å²) in [6, 6.07) is 18.1. The van der Waals surface area contributed by atoms with Gasteiger partial charge in [0.25, 0.3) is 0 Å². The maximum absolute atomic E-state index is 12.8. The summed E-state index contributed by atoms with van der Waals surface area (Å²) in [7, 11) is 0. The molecule has 0 saturated carbocycles. The molecule has 0 spiro atoms. The summed E-state index contributed by atoms with van der Waals surface area (Å²) >= 11 is 0. The Morgan fingerprint density at radius 3 is 2.52 bits per heavy atom. The predicted molar refractivity (Wildman–Crippen MR) is 103 cm³/mol. The minimum Gasteiger partial charge on any atom is -0.491 e. The van der Waals surface area contributed by atoms with Crippen molar-refractivity contribution >= 4 is 6.03 Å². The molecule has 0 radical (unpaired) electrons. The van der Waals surface area contributed by atoms with E-state index in [4.69, 9.17) is 9.57 Å². The number of likely N-dealkylation sites (tertiary alicyclic amines) is 1. The maximum Gasteiger partial charge on any atom is 0.346 e. The highest BCUT2D eigenvalue weighted by atomic mass is 16.8. The van der Waals surface area contributed by atoms with Gasteiger partial charge >= 0.3 is 6.03 Å². The molecule has 4 rings (SSSR count). The van der Waals surface area contributed by atoms with Crippen molar-refractivity contribution in [1.29, 1.82) is 0 Å². The summed E-state index contributed by atoms with van der Waals surface area (Å²) in [5.74, 6) is 0.881. The fourth-order valence-electron chi connectivity index (χ4n) is 3.75. The molecule has 0 aliphatic carbocycles. The molecule has 5 heteroatoms. The highest BCUT2D eigenvalue weighted by Gasteiger charge is 2.48. The number of nitrogens with zero attached hydrogens (tertiary/aromatic N) is 2. The van der Waals surface area contributed by atoms with E-state index in [0.717, 1.165) is 24.3 Å². The average molecular weight is 366 g/mol. The summed E-state index contributed by atoms with van der Waals surface area (Å²) in [4.78, 5) is 20.2. The van der Waals surface area contributed by atoms with E-state index >= 15 is 0 Å². The van der Waals surface area contributed by atoms with Crippen molar-refractivity contribution in [3.63, 3.8) is 0 Å². The van der Waals surface area contributed by atoms with Crippen LogP contribution in [0.1, 0.15) is 44.5 Å². The van der Waals surface area contributed by atoms with Gasteiger partial charge in [-0.05, 0) is 38.0 Å². The molecule has 2 aliphatic heterocycles. The van der Waals surface area contributed by atoms with E-state index in [-0.39, 0.29) is 23.8 Å². The number of amides is 2. The van der Waals surface area contributed by atoms with Gasteiger partial charge < -0.3 is 9.64 Å². The van der Waals surface area contributed by atoms with Crippen LogP contribution in [0.25, 0.3) is 0 Å². The van der Waals surface area contributed by atoms with E-state index in [9.17, 15) is 4.79 Å². The number of carbonyl (C=O) groups excluding carboxylic acids is 1. The van der Waals surface area contributed by atoms with E-state index in [0.29, 0.717) is 6.54 Å². The Balaban J connectivity index is 1.40. The molecule has 0 N–H and O–H groups in total. The first-order valence-electron chi connectivity index (χ1n) is 9.53. The summed E-state index contributed by atoms with van der Waals surface area (Å²) in [5.41, 5.74) is 2.19. The van der Waals surface area contributed by atoms with Crippen LogP contribution in [0.2, 0.25) is 0 Å². The average Bonchev–Trinajstić information content (AvgIpc) is 3.37. The van der Waals surface area contributed by atoms with Gasteiger partial charge in [0.05, 0.1) is 6.10 Å². The molecule has 2 unspecified atom stereocenters. The maximum atomic E-state index is 12.8. The minimum absolute atomic E-state index is 0.0488. The van der Waals surface area contributed by atoms with Crippen LogP contribution in [0.15, 0.2) is 54.6 Å². The molecule has 2 amide bonds. The lowest BCUT2D eigenvalue weighted by atomic mass is 9.82. The van der Waals surface area contributed by atoms with Gasteiger partial charge in [0.2, 0.25) is 6.23 Å². The van der Waals surface area contributed by atoms with E-state index in [1.54, 1.807) is 0 Å². The number of benzene rings is 2. The van der Waals surface area contributed by atoms with Gasteiger partial charge in [-0.2, -0.15) is 5.06 Å². The van der Waals surface area contributed by atoms with Crippen molar-refractivity contribution in [1.82, 2.24) is 9.96 Å². The number of carbonyl (C=O) groups is 1.